The number of ether oxygens (including phenoxy) is 1. The Bertz CT molecular complexity index is 464. The second kappa shape index (κ2) is 3.26. The van der Waals surface area contributed by atoms with Gasteiger partial charge in [-0.25, -0.2) is 4.98 Å². The second-order valence-corrected chi connectivity index (χ2v) is 3.00. The molecule has 0 atom stereocenters. The van der Waals surface area contributed by atoms with Gasteiger partial charge >= 0.3 is 0 Å². The Kier molecular flexibility index (Phi) is 2.09. The first-order valence-corrected chi connectivity index (χ1v) is 4.25. The average Bonchev–Trinajstić information content (AvgIpc) is 2.59. The molecule has 0 saturated carbocycles. The molecule has 0 saturated heterocycles. The maximum absolute atomic E-state index is 8.95. The molecule has 2 N–H and O–H groups in total. The van der Waals surface area contributed by atoms with Gasteiger partial charge in [-0.05, 0) is 13.0 Å². The molecule has 0 aliphatic carbocycles. The van der Waals surface area contributed by atoms with E-state index < -0.39 is 0 Å². The number of aromatic amines is 1. The van der Waals surface area contributed by atoms with Crippen molar-refractivity contribution in [3.05, 3.63) is 17.6 Å². The zero-order chi connectivity index (χ0) is 10.1. The first-order chi connectivity index (χ1) is 6.74. The maximum Gasteiger partial charge on any atom is 0.226 e. The Morgan fingerprint density at radius 3 is 2.93 bits per heavy atom. The van der Waals surface area contributed by atoms with Gasteiger partial charge in [0.25, 0.3) is 0 Å². The highest BCUT2D eigenvalue weighted by Gasteiger charge is 2.08. The van der Waals surface area contributed by atoms with Crippen LogP contribution in [0.4, 0.5) is 0 Å². The molecular formula is C9H11N3O2. The fourth-order valence-corrected chi connectivity index (χ4v) is 1.38. The predicted molar refractivity (Wildman–Crippen MR) is 51.1 cm³/mol. The van der Waals surface area contributed by atoms with Crippen molar-refractivity contribution < 1.29 is 9.84 Å². The van der Waals surface area contributed by atoms with Gasteiger partial charge in [-0.2, -0.15) is 4.98 Å². The summed E-state index contributed by atoms with van der Waals surface area (Å²) in [5, 5.41) is 9.74. The number of hydrogen-bond donors (Lipinski definition) is 2. The Balaban J connectivity index is 2.71. The maximum atomic E-state index is 8.95. The summed E-state index contributed by atoms with van der Waals surface area (Å²) in [5.41, 5.74) is 1.40. The number of hydrogen-bond acceptors (Lipinski definition) is 4. The monoisotopic (exact) mass is 193 g/mol. The number of aryl methyl sites for hydroxylation is 1. The molecule has 5 heteroatoms. The molecule has 0 spiro atoms. The van der Waals surface area contributed by atoms with E-state index in [9.17, 15) is 0 Å². The number of aliphatic hydroxyl groups excluding tert-OH is 1. The van der Waals surface area contributed by atoms with E-state index in [1.54, 1.807) is 20.1 Å². The van der Waals surface area contributed by atoms with Crippen LogP contribution < -0.4 is 4.74 Å². The number of nitrogens with zero attached hydrogens (tertiary/aromatic N) is 2. The minimum absolute atomic E-state index is 0.0431. The fourth-order valence-electron chi connectivity index (χ4n) is 1.38. The van der Waals surface area contributed by atoms with E-state index >= 15 is 0 Å². The third-order valence-electron chi connectivity index (χ3n) is 1.98. The van der Waals surface area contributed by atoms with Crippen molar-refractivity contribution in [1.82, 2.24) is 15.0 Å². The van der Waals surface area contributed by atoms with Crippen molar-refractivity contribution in [3.63, 3.8) is 0 Å². The van der Waals surface area contributed by atoms with Crippen molar-refractivity contribution in [1.29, 1.82) is 0 Å². The van der Waals surface area contributed by atoms with Crippen LogP contribution in [0.1, 0.15) is 11.5 Å². The zero-order valence-electron chi connectivity index (χ0n) is 8.03. The van der Waals surface area contributed by atoms with Gasteiger partial charge in [0.05, 0.1) is 19.1 Å². The molecule has 0 amide bonds. The number of aromatic nitrogens is 3. The van der Waals surface area contributed by atoms with Crippen LogP contribution in [0.2, 0.25) is 0 Å². The van der Waals surface area contributed by atoms with Gasteiger partial charge in [0.15, 0.2) is 0 Å². The highest BCUT2D eigenvalue weighted by molar-refractivity contribution is 5.81. The third kappa shape index (κ3) is 1.31. The van der Waals surface area contributed by atoms with Crippen LogP contribution in [0.3, 0.4) is 0 Å². The SMILES string of the molecule is COc1nc(C)nc2[nH]c(CO)cc12. The molecule has 0 unspecified atom stereocenters. The largest absolute Gasteiger partial charge is 0.480 e. The van der Waals surface area contributed by atoms with E-state index in [1.165, 1.54) is 0 Å². The van der Waals surface area contributed by atoms with Gasteiger partial charge in [0, 0.05) is 5.69 Å². The number of rotatable bonds is 2. The summed E-state index contributed by atoms with van der Waals surface area (Å²) in [5.74, 6) is 1.17. The molecule has 0 aliphatic heterocycles. The van der Waals surface area contributed by atoms with Crippen molar-refractivity contribution in [3.8, 4) is 5.88 Å². The van der Waals surface area contributed by atoms with Crippen LogP contribution in [0.25, 0.3) is 11.0 Å². The molecule has 2 aromatic heterocycles. The van der Waals surface area contributed by atoms with E-state index in [2.05, 4.69) is 15.0 Å². The standard InChI is InChI=1S/C9H11N3O2/c1-5-10-8-7(9(11-5)14-2)3-6(4-13)12-8/h3,13H,4H2,1-2H3,(H,10,11,12). The second-order valence-electron chi connectivity index (χ2n) is 3.00. The summed E-state index contributed by atoms with van der Waals surface area (Å²) in [6, 6.07) is 1.79. The Labute approximate surface area is 80.8 Å². The fraction of sp³-hybridized carbons (Fsp3) is 0.333. The number of nitrogens with one attached hydrogen (secondary N) is 1. The normalized spacial score (nSPS) is 10.8. The molecule has 0 aliphatic rings. The Morgan fingerprint density at radius 1 is 1.50 bits per heavy atom. The Morgan fingerprint density at radius 2 is 2.29 bits per heavy atom. The lowest BCUT2D eigenvalue weighted by molar-refractivity contribution is 0.278. The zero-order valence-corrected chi connectivity index (χ0v) is 8.03. The van der Waals surface area contributed by atoms with Crippen LogP contribution in [-0.2, 0) is 6.61 Å². The van der Waals surface area contributed by atoms with E-state index in [-0.39, 0.29) is 6.61 Å². The van der Waals surface area contributed by atoms with E-state index in [1.807, 2.05) is 0 Å². The molecule has 5 nitrogen and oxygen atoms in total. The number of H-pyrrole nitrogens is 1. The van der Waals surface area contributed by atoms with E-state index in [0.717, 1.165) is 5.39 Å². The smallest absolute Gasteiger partial charge is 0.226 e. The highest BCUT2D eigenvalue weighted by Crippen LogP contribution is 2.22. The van der Waals surface area contributed by atoms with Crippen molar-refractivity contribution in [2.75, 3.05) is 7.11 Å². The van der Waals surface area contributed by atoms with Gasteiger partial charge in [-0.1, -0.05) is 0 Å². The van der Waals surface area contributed by atoms with Gasteiger partial charge in [-0.3, -0.25) is 0 Å². The summed E-state index contributed by atoms with van der Waals surface area (Å²) in [4.78, 5) is 11.3. The van der Waals surface area contributed by atoms with Gasteiger partial charge in [0.2, 0.25) is 5.88 Å². The summed E-state index contributed by atoms with van der Waals surface area (Å²) in [7, 11) is 1.56. The molecule has 74 valence electrons. The van der Waals surface area contributed by atoms with Gasteiger partial charge in [-0.15, -0.1) is 0 Å². The first kappa shape index (κ1) is 8.96. The highest BCUT2D eigenvalue weighted by atomic mass is 16.5. The molecule has 2 aromatic rings. The van der Waals surface area contributed by atoms with Gasteiger partial charge < -0.3 is 14.8 Å². The molecule has 0 fully saturated rings. The van der Waals surface area contributed by atoms with Gasteiger partial charge in [0.1, 0.15) is 11.5 Å². The minimum atomic E-state index is -0.0431. The molecule has 0 radical (unpaired) electrons. The average molecular weight is 193 g/mol. The molecule has 0 bridgehead atoms. The van der Waals surface area contributed by atoms with Crippen LogP contribution in [0, 0.1) is 6.92 Å². The topological polar surface area (TPSA) is 71.0 Å². The lowest BCUT2D eigenvalue weighted by Gasteiger charge is -2.00. The van der Waals surface area contributed by atoms with E-state index in [4.69, 9.17) is 9.84 Å². The molecule has 2 heterocycles. The third-order valence-corrected chi connectivity index (χ3v) is 1.98. The quantitative estimate of drug-likeness (QED) is 0.738. The number of aliphatic hydroxyl groups is 1. The minimum Gasteiger partial charge on any atom is -0.480 e. The first-order valence-electron chi connectivity index (χ1n) is 4.25. The van der Waals surface area contributed by atoms with Crippen molar-refractivity contribution in [2.45, 2.75) is 13.5 Å². The molecule has 2 rings (SSSR count). The summed E-state index contributed by atoms with van der Waals surface area (Å²) >= 11 is 0. The number of methoxy groups -OCH3 is 1. The van der Waals surface area contributed by atoms with Crippen LogP contribution >= 0.6 is 0 Å². The number of fused-ring (bicyclic) bond motifs is 1. The Hall–Kier alpha value is -1.62. The predicted octanol–water partition coefficient (Wildman–Crippen LogP) is 0.767. The summed E-state index contributed by atoms with van der Waals surface area (Å²) in [6.45, 7) is 1.75. The molecule has 0 aromatic carbocycles. The molecule has 14 heavy (non-hydrogen) atoms. The van der Waals surface area contributed by atoms with Crippen molar-refractivity contribution in [2.24, 2.45) is 0 Å². The lowest BCUT2D eigenvalue weighted by atomic mass is 10.3. The van der Waals surface area contributed by atoms with Crippen LogP contribution in [0.5, 0.6) is 5.88 Å². The van der Waals surface area contributed by atoms with Crippen LogP contribution in [-0.4, -0.2) is 27.2 Å². The lowest BCUT2D eigenvalue weighted by Crippen LogP contribution is -1.93. The summed E-state index contributed by atoms with van der Waals surface area (Å²) in [6.07, 6.45) is 0. The summed E-state index contributed by atoms with van der Waals surface area (Å²) < 4.78 is 5.11. The van der Waals surface area contributed by atoms with Crippen LogP contribution in [0.15, 0.2) is 6.07 Å². The van der Waals surface area contributed by atoms with E-state index in [0.29, 0.717) is 23.0 Å². The van der Waals surface area contributed by atoms with Crippen molar-refractivity contribution >= 4 is 11.0 Å². The molecular weight excluding hydrogens is 182 g/mol.